The number of hydrogen-bond acceptors (Lipinski definition) is 2. The van der Waals surface area contributed by atoms with Crippen LogP contribution in [0.4, 0.5) is 0 Å². The highest BCUT2D eigenvalue weighted by Crippen LogP contribution is 2.52. The van der Waals surface area contributed by atoms with Crippen LogP contribution in [0, 0.1) is 11.3 Å². The SMILES string of the molecule is C[C@]1(C(=O)OC[C@@H]2CCC[N@+]3(C)CCCC[C@H]23)C[C@H]1Br. The maximum Gasteiger partial charge on any atom is 0.312 e. The van der Waals surface area contributed by atoms with Gasteiger partial charge in [0, 0.05) is 17.2 Å². The molecule has 3 rings (SSSR count). The summed E-state index contributed by atoms with van der Waals surface area (Å²) in [5.74, 6) is 0.587. The molecule has 114 valence electrons. The minimum absolute atomic E-state index is 0.00922. The maximum atomic E-state index is 12.2. The van der Waals surface area contributed by atoms with Crippen molar-refractivity contribution in [3.63, 3.8) is 0 Å². The number of piperidine rings is 2. The Labute approximate surface area is 130 Å². The Morgan fingerprint density at radius 2 is 2.00 bits per heavy atom. The van der Waals surface area contributed by atoms with E-state index in [2.05, 4.69) is 23.0 Å². The normalized spacial score (nSPS) is 47.5. The van der Waals surface area contributed by atoms with Gasteiger partial charge in [-0.3, -0.25) is 4.79 Å². The molecule has 20 heavy (non-hydrogen) atoms. The first-order chi connectivity index (χ1) is 9.46. The Balaban J connectivity index is 1.58. The fourth-order valence-corrected chi connectivity index (χ4v) is 5.16. The van der Waals surface area contributed by atoms with Crippen LogP contribution in [0.5, 0.6) is 0 Å². The summed E-state index contributed by atoms with van der Waals surface area (Å²) < 4.78 is 6.92. The first kappa shape index (κ1) is 14.8. The zero-order valence-corrected chi connectivity index (χ0v) is 14.3. The van der Waals surface area contributed by atoms with Crippen molar-refractivity contribution in [1.82, 2.24) is 0 Å². The molecule has 0 amide bonds. The topological polar surface area (TPSA) is 26.3 Å². The van der Waals surface area contributed by atoms with Crippen molar-refractivity contribution in [2.75, 3.05) is 26.7 Å². The quantitative estimate of drug-likeness (QED) is 0.446. The molecule has 4 heteroatoms. The van der Waals surface area contributed by atoms with Gasteiger partial charge in [0.1, 0.15) is 0 Å². The lowest BCUT2D eigenvalue weighted by Gasteiger charge is -2.51. The van der Waals surface area contributed by atoms with E-state index in [1.165, 1.54) is 49.7 Å². The van der Waals surface area contributed by atoms with Gasteiger partial charge in [-0.05, 0) is 39.0 Å². The second kappa shape index (κ2) is 5.28. The van der Waals surface area contributed by atoms with E-state index in [0.717, 1.165) is 12.5 Å². The fourth-order valence-electron chi connectivity index (χ4n) is 4.30. The third kappa shape index (κ3) is 2.54. The molecule has 0 unspecified atom stereocenters. The molecule has 3 aliphatic rings. The number of hydrogen-bond donors (Lipinski definition) is 0. The van der Waals surface area contributed by atoms with Crippen molar-refractivity contribution >= 4 is 21.9 Å². The van der Waals surface area contributed by atoms with Crippen LogP contribution < -0.4 is 0 Å². The maximum absolute atomic E-state index is 12.2. The van der Waals surface area contributed by atoms with Gasteiger partial charge >= 0.3 is 5.97 Å². The molecule has 0 aromatic rings. The fraction of sp³-hybridized carbons (Fsp3) is 0.938. The molecule has 2 heterocycles. The second-order valence-electron chi connectivity index (χ2n) is 7.58. The highest BCUT2D eigenvalue weighted by Gasteiger charge is 2.56. The van der Waals surface area contributed by atoms with Crippen LogP contribution in [0.15, 0.2) is 0 Å². The molecule has 0 N–H and O–H groups in total. The third-order valence-electron chi connectivity index (χ3n) is 6.04. The Morgan fingerprint density at radius 1 is 1.30 bits per heavy atom. The highest BCUT2D eigenvalue weighted by atomic mass is 79.9. The van der Waals surface area contributed by atoms with Gasteiger partial charge in [0.2, 0.25) is 0 Å². The van der Waals surface area contributed by atoms with Crippen molar-refractivity contribution in [3.8, 4) is 0 Å². The molecule has 0 radical (unpaired) electrons. The zero-order chi connectivity index (χ0) is 14.4. The van der Waals surface area contributed by atoms with E-state index < -0.39 is 0 Å². The largest absolute Gasteiger partial charge is 0.465 e. The predicted octanol–water partition coefficient (Wildman–Crippen LogP) is 3.11. The molecule has 0 aromatic heterocycles. The lowest BCUT2D eigenvalue weighted by molar-refractivity contribution is -0.947. The van der Waals surface area contributed by atoms with Gasteiger partial charge in [0.25, 0.3) is 0 Å². The molecule has 0 aromatic carbocycles. The minimum Gasteiger partial charge on any atom is -0.465 e. The van der Waals surface area contributed by atoms with Gasteiger partial charge in [0.05, 0.1) is 38.2 Å². The van der Waals surface area contributed by atoms with Crippen molar-refractivity contribution in [1.29, 1.82) is 0 Å². The number of quaternary nitrogens is 1. The number of halogens is 1. The number of carbonyl (C=O) groups excluding carboxylic acids is 1. The van der Waals surface area contributed by atoms with E-state index in [1.54, 1.807) is 0 Å². The van der Waals surface area contributed by atoms with Crippen molar-refractivity contribution < 1.29 is 14.0 Å². The second-order valence-corrected chi connectivity index (χ2v) is 8.68. The number of ether oxygens (including phenoxy) is 1. The van der Waals surface area contributed by atoms with Crippen LogP contribution >= 0.6 is 15.9 Å². The average Bonchev–Trinajstić information content (AvgIpc) is 3.04. The molecular weight excluding hydrogens is 318 g/mol. The van der Waals surface area contributed by atoms with E-state index in [0.29, 0.717) is 17.4 Å². The van der Waals surface area contributed by atoms with Gasteiger partial charge in [0.15, 0.2) is 0 Å². The Morgan fingerprint density at radius 3 is 2.70 bits per heavy atom. The Kier molecular flexibility index (Phi) is 3.91. The predicted molar refractivity (Wildman–Crippen MR) is 82.7 cm³/mol. The van der Waals surface area contributed by atoms with Crippen molar-refractivity contribution in [3.05, 3.63) is 0 Å². The lowest BCUT2D eigenvalue weighted by atomic mass is 9.82. The summed E-state index contributed by atoms with van der Waals surface area (Å²) in [6, 6.07) is 0.720. The monoisotopic (exact) mass is 344 g/mol. The van der Waals surface area contributed by atoms with E-state index in [-0.39, 0.29) is 11.4 Å². The Hall–Kier alpha value is -0.0900. The van der Waals surface area contributed by atoms with Gasteiger partial charge in [-0.1, -0.05) is 15.9 Å². The number of alkyl halides is 1. The Bertz CT molecular complexity index is 398. The van der Waals surface area contributed by atoms with Gasteiger partial charge in [-0.2, -0.15) is 0 Å². The van der Waals surface area contributed by atoms with E-state index in [4.69, 9.17) is 4.74 Å². The van der Waals surface area contributed by atoms with Crippen molar-refractivity contribution in [2.45, 2.75) is 56.3 Å². The standard InChI is InChI=1S/C16H27BrNO2/c1-16(10-14(16)17)15(19)20-11-12-6-5-9-18(2)8-4-3-7-13(12)18/h12-14H,3-11H2,1-2H3/q+1/t12-,13+,14+,16-,18-/m0/s1. The third-order valence-corrected chi connectivity index (χ3v) is 7.37. The number of nitrogens with zero attached hydrogens (tertiary/aromatic N) is 1. The van der Waals surface area contributed by atoms with Gasteiger partial charge in [-0.25, -0.2) is 0 Å². The van der Waals surface area contributed by atoms with Crippen LogP contribution in [0.2, 0.25) is 0 Å². The molecule has 2 aliphatic heterocycles. The summed E-state index contributed by atoms with van der Waals surface area (Å²) in [4.78, 5) is 12.5. The summed E-state index contributed by atoms with van der Waals surface area (Å²) in [7, 11) is 2.41. The van der Waals surface area contributed by atoms with Crippen LogP contribution in [-0.2, 0) is 9.53 Å². The molecule has 0 spiro atoms. The smallest absolute Gasteiger partial charge is 0.312 e. The summed E-state index contributed by atoms with van der Waals surface area (Å²) in [6.07, 6.45) is 7.48. The van der Waals surface area contributed by atoms with Crippen LogP contribution in [0.3, 0.4) is 0 Å². The summed E-state index contributed by atoms with van der Waals surface area (Å²) in [5, 5.41) is 0. The number of esters is 1. The summed E-state index contributed by atoms with van der Waals surface area (Å²) in [6.45, 7) is 5.29. The van der Waals surface area contributed by atoms with E-state index in [9.17, 15) is 4.79 Å². The summed E-state index contributed by atoms with van der Waals surface area (Å²) >= 11 is 3.53. The van der Waals surface area contributed by atoms with Crippen LogP contribution in [0.25, 0.3) is 0 Å². The first-order valence-electron chi connectivity index (χ1n) is 8.11. The molecule has 5 atom stereocenters. The minimum atomic E-state index is -0.251. The molecule has 3 nitrogen and oxygen atoms in total. The van der Waals surface area contributed by atoms with Crippen molar-refractivity contribution in [2.24, 2.45) is 11.3 Å². The van der Waals surface area contributed by atoms with E-state index in [1.807, 2.05) is 6.92 Å². The molecule has 1 saturated carbocycles. The molecular formula is C16H27BrNO2+. The number of rotatable bonds is 3. The highest BCUT2D eigenvalue weighted by molar-refractivity contribution is 9.09. The zero-order valence-electron chi connectivity index (χ0n) is 12.7. The molecule has 3 fully saturated rings. The van der Waals surface area contributed by atoms with Crippen LogP contribution in [-0.4, -0.2) is 48.1 Å². The molecule has 0 bridgehead atoms. The molecule has 1 aliphatic carbocycles. The van der Waals surface area contributed by atoms with Gasteiger partial charge < -0.3 is 9.22 Å². The lowest BCUT2D eigenvalue weighted by Crippen LogP contribution is -2.61. The van der Waals surface area contributed by atoms with Crippen LogP contribution in [0.1, 0.15) is 45.4 Å². The summed E-state index contributed by atoms with van der Waals surface area (Å²) in [5.41, 5.74) is -0.251. The van der Waals surface area contributed by atoms with Gasteiger partial charge in [-0.15, -0.1) is 0 Å². The molecule has 2 saturated heterocycles. The number of fused-ring (bicyclic) bond motifs is 1. The first-order valence-corrected chi connectivity index (χ1v) is 9.03. The van der Waals surface area contributed by atoms with E-state index >= 15 is 0 Å². The average molecular weight is 345 g/mol. The number of carbonyl (C=O) groups is 1.